The Kier molecular flexibility index (Phi) is 6.82. The Morgan fingerprint density at radius 2 is 0.964 bits per heavy atom. The van der Waals surface area contributed by atoms with E-state index in [0.29, 0.717) is 45.6 Å². The van der Waals surface area contributed by atoms with Crippen molar-refractivity contribution >= 4 is 0 Å². The lowest BCUT2D eigenvalue weighted by Crippen LogP contribution is -2.48. The van der Waals surface area contributed by atoms with Crippen molar-refractivity contribution in [3.8, 4) is 34.5 Å². The number of hydrogen-bond acceptors (Lipinski definition) is 8. The predicted molar refractivity (Wildman–Crippen MR) is 106 cm³/mol. The number of nitrogens with two attached hydrogens (primary N) is 2. The third-order valence-corrected chi connectivity index (χ3v) is 4.47. The monoisotopic (exact) mass is 392 g/mol. The topological polar surface area (TPSA) is 107 Å². The number of benzene rings is 2. The molecule has 2 aromatic rings. The first kappa shape index (κ1) is 21.5. The minimum atomic E-state index is -1.36. The highest BCUT2D eigenvalue weighted by Crippen LogP contribution is 2.42. The van der Waals surface area contributed by atoms with E-state index in [4.69, 9.17) is 39.9 Å². The minimum absolute atomic E-state index is 0.183. The van der Waals surface area contributed by atoms with Gasteiger partial charge in [-0.1, -0.05) is 0 Å². The van der Waals surface area contributed by atoms with Crippen LogP contribution in [-0.4, -0.2) is 42.7 Å². The summed E-state index contributed by atoms with van der Waals surface area (Å²) in [6.45, 7) is 0. The van der Waals surface area contributed by atoms with Crippen molar-refractivity contribution in [3.05, 3.63) is 35.4 Å². The van der Waals surface area contributed by atoms with Crippen LogP contribution < -0.4 is 39.9 Å². The van der Waals surface area contributed by atoms with Gasteiger partial charge in [-0.2, -0.15) is 0 Å². The molecular formula is C20H28N2O6. The molecule has 0 unspecified atom stereocenters. The van der Waals surface area contributed by atoms with Crippen molar-refractivity contribution in [2.24, 2.45) is 11.5 Å². The largest absolute Gasteiger partial charge is 0.496 e. The average Bonchev–Trinajstić information content (AvgIpc) is 2.72. The van der Waals surface area contributed by atoms with Crippen LogP contribution in [0, 0.1) is 0 Å². The van der Waals surface area contributed by atoms with E-state index >= 15 is 0 Å². The van der Waals surface area contributed by atoms with Crippen LogP contribution in [0.2, 0.25) is 0 Å². The fourth-order valence-corrected chi connectivity index (χ4v) is 3.10. The van der Waals surface area contributed by atoms with Gasteiger partial charge in [-0.25, -0.2) is 0 Å². The van der Waals surface area contributed by atoms with Crippen molar-refractivity contribution in [1.29, 1.82) is 0 Å². The van der Waals surface area contributed by atoms with Crippen LogP contribution in [0.4, 0.5) is 0 Å². The molecule has 0 saturated carbocycles. The molecule has 0 bridgehead atoms. The van der Waals surface area contributed by atoms with E-state index in [1.165, 1.54) is 14.2 Å². The highest BCUT2D eigenvalue weighted by atomic mass is 16.5. The Hall–Kier alpha value is -2.84. The highest BCUT2D eigenvalue weighted by Gasteiger charge is 2.33. The Labute approximate surface area is 165 Å². The summed E-state index contributed by atoms with van der Waals surface area (Å²) < 4.78 is 32.6. The van der Waals surface area contributed by atoms with Crippen LogP contribution in [0.25, 0.3) is 0 Å². The van der Waals surface area contributed by atoms with Gasteiger partial charge in [0.2, 0.25) is 0 Å². The molecule has 0 amide bonds. The molecule has 0 saturated heterocycles. The fourth-order valence-electron chi connectivity index (χ4n) is 3.10. The van der Waals surface area contributed by atoms with E-state index in [0.717, 1.165) is 0 Å². The molecule has 0 heterocycles. The van der Waals surface area contributed by atoms with Crippen LogP contribution in [0.15, 0.2) is 24.3 Å². The van der Waals surface area contributed by atoms with E-state index in [1.807, 2.05) is 0 Å². The van der Waals surface area contributed by atoms with Crippen LogP contribution >= 0.6 is 0 Å². The molecule has 154 valence electrons. The SMILES string of the molecule is COc1cc(OC)c(CC(N)(N)c2c(OC)cc(OC)cc2OC)c(OC)c1. The molecule has 2 rings (SSSR count). The van der Waals surface area contributed by atoms with Crippen molar-refractivity contribution in [2.45, 2.75) is 12.1 Å². The summed E-state index contributed by atoms with van der Waals surface area (Å²) in [6, 6.07) is 6.90. The number of methoxy groups -OCH3 is 6. The van der Waals surface area contributed by atoms with Crippen LogP contribution in [0.5, 0.6) is 34.5 Å². The van der Waals surface area contributed by atoms with Gasteiger partial charge < -0.3 is 39.9 Å². The molecule has 0 aliphatic carbocycles. The van der Waals surface area contributed by atoms with Gasteiger partial charge in [0.25, 0.3) is 0 Å². The summed E-state index contributed by atoms with van der Waals surface area (Å²) in [4.78, 5) is 0. The van der Waals surface area contributed by atoms with Gasteiger partial charge in [0.05, 0.1) is 48.2 Å². The van der Waals surface area contributed by atoms with Gasteiger partial charge in [-0.05, 0) is 0 Å². The molecule has 4 N–H and O–H groups in total. The maximum Gasteiger partial charge on any atom is 0.132 e. The second kappa shape index (κ2) is 8.90. The maximum atomic E-state index is 6.57. The van der Waals surface area contributed by atoms with Crippen molar-refractivity contribution in [2.75, 3.05) is 42.7 Å². The lowest BCUT2D eigenvalue weighted by molar-refractivity contribution is 0.330. The zero-order chi connectivity index (χ0) is 20.9. The van der Waals surface area contributed by atoms with Gasteiger partial charge in [-0.3, -0.25) is 0 Å². The Bertz CT molecular complexity index is 772. The Morgan fingerprint density at radius 1 is 0.607 bits per heavy atom. The van der Waals surface area contributed by atoms with E-state index in [2.05, 4.69) is 0 Å². The van der Waals surface area contributed by atoms with E-state index in [1.54, 1.807) is 52.7 Å². The van der Waals surface area contributed by atoms with Crippen LogP contribution in [0.3, 0.4) is 0 Å². The van der Waals surface area contributed by atoms with Gasteiger partial charge in [-0.15, -0.1) is 0 Å². The van der Waals surface area contributed by atoms with E-state index < -0.39 is 5.66 Å². The minimum Gasteiger partial charge on any atom is -0.496 e. The van der Waals surface area contributed by atoms with Gasteiger partial charge >= 0.3 is 0 Å². The summed E-state index contributed by atoms with van der Waals surface area (Å²) in [7, 11) is 9.29. The van der Waals surface area contributed by atoms with Crippen LogP contribution in [-0.2, 0) is 12.1 Å². The summed E-state index contributed by atoms with van der Waals surface area (Å²) in [5.74, 6) is 3.15. The molecule has 2 aromatic carbocycles. The molecule has 28 heavy (non-hydrogen) atoms. The van der Waals surface area contributed by atoms with Crippen molar-refractivity contribution < 1.29 is 28.4 Å². The summed E-state index contributed by atoms with van der Waals surface area (Å²) in [5, 5.41) is 0. The summed E-state index contributed by atoms with van der Waals surface area (Å²) in [6.07, 6.45) is 0.183. The normalized spacial score (nSPS) is 11.0. The average molecular weight is 392 g/mol. The molecular weight excluding hydrogens is 364 g/mol. The maximum absolute atomic E-state index is 6.57. The second-order valence-corrected chi connectivity index (χ2v) is 6.13. The smallest absolute Gasteiger partial charge is 0.132 e. The van der Waals surface area contributed by atoms with Gasteiger partial charge in [0.15, 0.2) is 0 Å². The standard InChI is InChI=1S/C20H28N2O6/c1-23-12-7-15(25-3)14(16(8-12)26-4)11-20(21,22)19-17(27-5)9-13(24-2)10-18(19)28-6/h7-10H,11,21-22H2,1-6H3. The lowest BCUT2D eigenvalue weighted by atomic mass is 9.90. The predicted octanol–water partition coefficient (Wildman–Crippen LogP) is 2.05. The molecule has 8 nitrogen and oxygen atoms in total. The molecule has 8 heteroatoms. The third kappa shape index (κ3) is 4.18. The highest BCUT2D eigenvalue weighted by molar-refractivity contribution is 5.57. The van der Waals surface area contributed by atoms with Crippen molar-refractivity contribution in [1.82, 2.24) is 0 Å². The number of rotatable bonds is 9. The Morgan fingerprint density at radius 3 is 1.29 bits per heavy atom. The first-order valence-corrected chi connectivity index (χ1v) is 8.52. The summed E-state index contributed by atoms with van der Waals surface area (Å²) >= 11 is 0. The van der Waals surface area contributed by atoms with Crippen LogP contribution in [0.1, 0.15) is 11.1 Å². The number of ether oxygens (including phenoxy) is 6. The zero-order valence-electron chi connectivity index (χ0n) is 17.1. The first-order valence-electron chi connectivity index (χ1n) is 8.52. The zero-order valence-corrected chi connectivity index (χ0v) is 17.1. The van der Waals surface area contributed by atoms with E-state index in [9.17, 15) is 0 Å². The summed E-state index contributed by atoms with van der Waals surface area (Å²) in [5.41, 5.74) is 13.0. The lowest BCUT2D eigenvalue weighted by Gasteiger charge is -2.30. The third-order valence-electron chi connectivity index (χ3n) is 4.47. The molecule has 0 aliphatic rings. The fraction of sp³-hybridized carbons (Fsp3) is 0.400. The first-order chi connectivity index (χ1) is 13.3. The molecule has 0 fully saturated rings. The molecule has 0 aromatic heterocycles. The second-order valence-electron chi connectivity index (χ2n) is 6.13. The molecule has 0 radical (unpaired) electrons. The molecule has 0 aliphatic heterocycles. The Balaban J connectivity index is 2.61. The van der Waals surface area contributed by atoms with E-state index in [-0.39, 0.29) is 6.42 Å². The quantitative estimate of drug-likeness (QED) is 0.625. The molecule has 0 spiro atoms. The molecule has 0 atom stereocenters. The van der Waals surface area contributed by atoms with Gasteiger partial charge in [0, 0.05) is 36.2 Å². The van der Waals surface area contributed by atoms with Crippen molar-refractivity contribution in [3.63, 3.8) is 0 Å². The number of hydrogen-bond donors (Lipinski definition) is 2. The van der Waals surface area contributed by atoms with Gasteiger partial charge in [0.1, 0.15) is 40.2 Å².